The highest BCUT2D eigenvalue weighted by Gasteiger charge is 2.02. The Bertz CT molecular complexity index is 830. The molecule has 0 aliphatic carbocycles. The Morgan fingerprint density at radius 2 is 2.05 bits per heavy atom. The molecule has 20 heavy (non-hydrogen) atoms. The van der Waals surface area contributed by atoms with E-state index in [2.05, 4.69) is 49.4 Å². The van der Waals surface area contributed by atoms with Gasteiger partial charge in [0.05, 0.1) is 7.11 Å². The Morgan fingerprint density at radius 3 is 2.90 bits per heavy atom. The topological polar surface area (TPSA) is 50.8 Å². The molecule has 0 aliphatic heterocycles. The first kappa shape index (κ1) is 12.9. The highest BCUT2D eigenvalue weighted by molar-refractivity contribution is 14.1. The Morgan fingerprint density at radius 1 is 1.20 bits per heavy atom. The van der Waals surface area contributed by atoms with Crippen LogP contribution in [0.15, 0.2) is 36.8 Å². The molecule has 0 aliphatic rings. The molecule has 4 nitrogen and oxygen atoms in total. The van der Waals surface area contributed by atoms with Crippen molar-refractivity contribution in [2.75, 3.05) is 7.11 Å². The smallest absolute Gasteiger partial charge is 0.214 e. The fourth-order valence-electron chi connectivity index (χ4n) is 1.78. The Balaban J connectivity index is 1.96. The molecule has 0 aromatic carbocycles. The minimum absolute atomic E-state index is 0.561. The summed E-state index contributed by atoms with van der Waals surface area (Å²) in [4.78, 5) is 11.5. The molecule has 3 rings (SSSR count). The highest BCUT2D eigenvalue weighted by atomic mass is 127. The summed E-state index contributed by atoms with van der Waals surface area (Å²) in [5, 5.41) is 1.09. The number of hydrogen-bond donors (Lipinski definition) is 1. The van der Waals surface area contributed by atoms with Crippen molar-refractivity contribution in [3.63, 3.8) is 0 Å². The van der Waals surface area contributed by atoms with Crippen LogP contribution in [0.25, 0.3) is 11.0 Å². The molecule has 0 fully saturated rings. The molecule has 3 aromatic rings. The fraction of sp³-hybridized carbons (Fsp3) is 0.0667. The van der Waals surface area contributed by atoms with E-state index >= 15 is 0 Å². The zero-order valence-corrected chi connectivity index (χ0v) is 12.8. The van der Waals surface area contributed by atoms with Crippen molar-refractivity contribution in [3.8, 4) is 17.7 Å². The average molecular weight is 375 g/mol. The molecule has 3 heterocycles. The van der Waals surface area contributed by atoms with Gasteiger partial charge in [0.1, 0.15) is 5.65 Å². The van der Waals surface area contributed by atoms with Crippen LogP contribution in [0.1, 0.15) is 11.1 Å². The lowest BCUT2D eigenvalue weighted by Gasteiger charge is -1.97. The quantitative estimate of drug-likeness (QED) is 0.526. The maximum Gasteiger partial charge on any atom is 0.214 e. The lowest BCUT2D eigenvalue weighted by molar-refractivity contribution is 0.398. The van der Waals surface area contributed by atoms with E-state index in [4.69, 9.17) is 4.74 Å². The second-order valence-corrected chi connectivity index (χ2v) is 5.26. The number of H-pyrrole nitrogens is 1. The van der Waals surface area contributed by atoms with E-state index in [1.54, 1.807) is 25.6 Å². The number of aromatic amines is 1. The van der Waals surface area contributed by atoms with Crippen LogP contribution in [-0.2, 0) is 0 Å². The van der Waals surface area contributed by atoms with E-state index in [0.29, 0.717) is 5.88 Å². The van der Waals surface area contributed by atoms with Gasteiger partial charge in [0.2, 0.25) is 5.88 Å². The average Bonchev–Trinajstić information content (AvgIpc) is 2.86. The van der Waals surface area contributed by atoms with Crippen molar-refractivity contribution in [2.24, 2.45) is 0 Å². The zero-order valence-electron chi connectivity index (χ0n) is 10.6. The normalized spacial score (nSPS) is 10.1. The van der Waals surface area contributed by atoms with Gasteiger partial charge in [-0.15, -0.1) is 0 Å². The number of fused-ring (bicyclic) bond motifs is 1. The molecule has 0 bridgehead atoms. The number of aromatic nitrogens is 3. The maximum absolute atomic E-state index is 5.07. The number of hydrogen-bond acceptors (Lipinski definition) is 3. The largest absolute Gasteiger partial charge is 0.481 e. The minimum atomic E-state index is 0.561. The third-order valence-electron chi connectivity index (χ3n) is 2.78. The number of halogens is 1. The first-order valence-corrected chi connectivity index (χ1v) is 6.99. The Hall–Kier alpha value is -2.07. The molecule has 1 N–H and O–H groups in total. The van der Waals surface area contributed by atoms with Crippen molar-refractivity contribution in [1.82, 2.24) is 15.0 Å². The number of nitrogens with zero attached hydrogens (tertiary/aromatic N) is 2. The summed E-state index contributed by atoms with van der Waals surface area (Å²) in [6.45, 7) is 0. The van der Waals surface area contributed by atoms with E-state index in [9.17, 15) is 0 Å². The predicted molar refractivity (Wildman–Crippen MR) is 85.6 cm³/mol. The van der Waals surface area contributed by atoms with Crippen molar-refractivity contribution < 1.29 is 4.74 Å². The molecule has 0 spiro atoms. The zero-order chi connectivity index (χ0) is 13.9. The Kier molecular flexibility index (Phi) is 3.56. The Labute approximate surface area is 129 Å². The summed E-state index contributed by atoms with van der Waals surface area (Å²) in [7, 11) is 1.59. The molecule has 0 amide bonds. The van der Waals surface area contributed by atoms with E-state index in [-0.39, 0.29) is 0 Å². The van der Waals surface area contributed by atoms with Crippen LogP contribution in [0.3, 0.4) is 0 Å². The molecule has 0 unspecified atom stereocenters. The van der Waals surface area contributed by atoms with Crippen LogP contribution in [0.5, 0.6) is 5.88 Å². The molecule has 0 radical (unpaired) electrons. The lowest BCUT2D eigenvalue weighted by Crippen LogP contribution is -1.87. The molecule has 5 heteroatoms. The number of pyridine rings is 2. The molecular weight excluding hydrogens is 365 g/mol. The summed E-state index contributed by atoms with van der Waals surface area (Å²) in [5.74, 6) is 6.76. The van der Waals surface area contributed by atoms with Crippen LogP contribution < -0.4 is 4.74 Å². The molecule has 3 aromatic heterocycles. The van der Waals surface area contributed by atoms with Crippen LogP contribution in [-0.4, -0.2) is 22.1 Å². The van der Waals surface area contributed by atoms with Crippen LogP contribution >= 0.6 is 22.6 Å². The van der Waals surface area contributed by atoms with E-state index in [1.807, 2.05) is 18.3 Å². The maximum atomic E-state index is 5.07. The lowest BCUT2D eigenvalue weighted by atomic mass is 10.2. The third-order valence-corrected chi connectivity index (χ3v) is 3.67. The van der Waals surface area contributed by atoms with Gasteiger partial charge in [-0.05, 0) is 34.7 Å². The van der Waals surface area contributed by atoms with Gasteiger partial charge in [0.15, 0.2) is 0 Å². The fourth-order valence-corrected chi connectivity index (χ4v) is 2.35. The second kappa shape index (κ2) is 5.51. The first-order valence-electron chi connectivity index (χ1n) is 5.91. The number of methoxy groups -OCH3 is 1. The van der Waals surface area contributed by atoms with Gasteiger partial charge >= 0.3 is 0 Å². The van der Waals surface area contributed by atoms with Crippen molar-refractivity contribution in [1.29, 1.82) is 0 Å². The monoisotopic (exact) mass is 375 g/mol. The van der Waals surface area contributed by atoms with Crippen LogP contribution in [0.2, 0.25) is 0 Å². The third kappa shape index (κ3) is 2.60. The number of ether oxygens (including phenoxy) is 1. The molecule has 0 atom stereocenters. The van der Waals surface area contributed by atoms with Crippen molar-refractivity contribution in [3.05, 3.63) is 51.5 Å². The summed E-state index contributed by atoms with van der Waals surface area (Å²) >= 11 is 2.28. The molecule has 98 valence electrons. The van der Waals surface area contributed by atoms with Gasteiger partial charge in [-0.1, -0.05) is 11.8 Å². The van der Waals surface area contributed by atoms with Gasteiger partial charge < -0.3 is 9.72 Å². The van der Waals surface area contributed by atoms with Gasteiger partial charge in [0.25, 0.3) is 0 Å². The number of nitrogens with one attached hydrogen (secondary N) is 1. The van der Waals surface area contributed by atoms with Crippen molar-refractivity contribution in [2.45, 2.75) is 0 Å². The standard InChI is InChI=1S/C15H10IN3O/c1-20-14-7-10(4-5-17-14)2-3-11-6-12-13(16)9-19-15(12)18-8-11/h4-9H,1H3,(H,18,19). The number of rotatable bonds is 1. The molecule has 0 saturated heterocycles. The first-order chi connectivity index (χ1) is 9.76. The van der Waals surface area contributed by atoms with Gasteiger partial charge in [-0.2, -0.15) is 0 Å². The summed E-state index contributed by atoms with van der Waals surface area (Å²) in [5.41, 5.74) is 2.62. The van der Waals surface area contributed by atoms with Crippen molar-refractivity contribution >= 4 is 33.6 Å². The highest BCUT2D eigenvalue weighted by Crippen LogP contribution is 2.18. The molecule has 0 saturated carbocycles. The van der Waals surface area contributed by atoms with Crippen LogP contribution in [0.4, 0.5) is 0 Å². The molecular formula is C15H10IN3O. The van der Waals surface area contributed by atoms with Gasteiger partial charge in [0, 0.05) is 44.7 Å². The van der Waals surface area contributed by atoms with Gasteiger partial charge in [-0.3, -0.25) is 0 Å². The summed E-state index contributed by atoms with van der Waals surface area (Å²) < 4.78 is 6.21. The van der Waals surface area contributed by atoms with Gasteiger partial charge in [-0.25, -0.2) is 9.97 Å². The van der Waals surface area contributed by atoms with E-state index in [1.165, 1.54) is 0 Å². The summed E-state index contributed by atoms with van der Waals surface area (Å²) in [6.07, 6.45) is 5.38. The summed E-state index contributed by atoms with van der Waals surface area (Å²) in [6, 6.07) is 5.69. The SMILES string of the molecule is COc1cc(C#Cc2cnc3[nH]cc(I)c3c2)ccn1. The minimum Gasteiger partial charge on any atom is -0.481 e. The van der Waals surface area contributed by atoms with E-state index < -0.39 is 0 Å². The van der Waals surface area contributed by atoms with E-state index in [0.717, 1.165) is 25.7 Å². The second-order valence-electron chi connectivity index (χ2n) is 4.09. The predicted octanol–water partition coefficient (Wildman–Crippen LogP) is 2.97. The van der Waals surface area contributed by atoms with Crippen LogP contribution in [0, 0.1) is 15.4 Å².